The summed E-state index contributed by atoms with van der Waals surface area (Å²) in [6.07, 6.45) is -3.79. The average molecular weight is 426 g/mol. The van der Waals surface area contributed by atoms with Gasteiger partial charge in [0.15, 0.2) is 10.8 Å². The van der Waals surface area contributed by atoms with Crippen LogP contribution in [0.15, 0.2) is 30.5 Å². The molecular formula is C18H11F5N4OS. The van der Waals surface area contributed by atoms with E-state index < -0.39 is 35.0 Å². The third-order valence-electron chi connectivity index (χ3n) is 4.19. The summed E-state index contributed by atoms with van der Waals surface area (Å²) < 4.78 is 67.3. The quantitative estimate of drug-likeness (QED) is 0.533. The van der Waals surface area contributed by atoms with Gasteiger partial charge in [0.1, 0.15) is 17.7 Å². The smallest absolute Gasteiger partial charge is 0.316 e. The van der Waals surface area contributed by atoms with Crippen LogP contribution in [-0.2, 0) is 11.0 Å². The highest BCUT2D eigenvalue weighted by Gasteiger charge is 2.37. The molecule has 1 aliphatic heterocycles. The molecule has 2 heterocycles. The molecule has 1 saturated heterocycles. The van der Waals surface area contributed by atoms with E-state index in [0.717, 1.165) is 23.2 Å². The van der Waals surface area contributed by atoms with Crippen LogP contribution < -0.4 is 9.80 Å². The Morgan fingerprint density at radius 1 is 1.21 bits per heavy atom. The van der Waals surface area contributed by atoms with Gasteiger partial charge in [0.25, 0.3) is 0 Å². The van der Waals surface area contributed by atoms with Crippen LogP contribution in [0.4, 0.5) is 33.3 Å². The second kappa shape index (κ2) is 7.71. The Morgan fingerprint density at radius 3 is 2.55 bits per heavy atom. The molecule has 0 atom stereocenters. The molecule has 1 aliphatic rings. The van der Waals surface area contributed by atoms with E-state index in [4.69, 9.17) is 17.5 Å². The molecule has 0 radical (unpaired) electrons. The normalized spacial score (nSPS) is 15.3. The van der Waals surface area contributed by atoms with Crippen LogP contribution in [0.5, 0.6) is 0 Å². The number of halogens is 5. The Balaban J connectivity index is 2.09. The molecule has 1 aromatic carbocycles. The number of nitriles is 1. The fourth-order valence-corrected chi connectivity index (χ4v) is 3.28. The summed E-state index contributed by atoms with van der Waals surface area (Å²) in [6.45, 7) is 0.0967. The van der Waals surface area contributed by atoms with Crippen molar-refractivity contribution in [2.75, 3.05) is 16.3 Å². The summed E-state index contributed by atoms with van der Waals surface area (Å²) in [5.41, 5.74) is -2.60. The van der Waals surface area contributed by atoms with Crippen LogP contribution >= 0.6 is 12.2 Å². The van der Waals surface area contributed by atoms with E-state index in [1.165, 1.54) is 11.0 Å². The highest BCUT2D eigenvalue weighted by atomic mass is 32.1. The number of hydrogen-bond donors (Lipinski definition) is 0. The molecule has 11 heteroatoms. The van der Waals surface area contributed by atoms with Crippen molar-refractivity contribution in [2.24, 2.45) is 0 Å². The minimum atomic E-state index is -4.88. The average Bonchev–Trinajstić information content (AvgIpc) is 2.79. The number of thiocarbonyl (C=S) groups is 1. The molecule has 29 heavy (non-hydrogen) atoms. The molecule has 0 unspecified atom stereocenters. The first-order valence-electron chi connectivity index (χ1n) is 8.20. The molecule has 5 nitrogen and oxygen atoms in total. The topological polar surface area (TPSA) is 60.2 Å². The number of anilines is 2. The number of aromatic nitrogens is 1. The lowest BCUT2D eigenvalue weighted by Gasteiger charge is -2.30. The van der Waals surface area contributed by atoms with Crippen molar-refractivity contribution in [1.82, 2.24) is 4.98 Å². The molecule has 2 aromatic rings. The van der Waals surface area contributed by atoms with Gasteiger partial charge in [-0.05, 0) is 36.8 Å². The number of nitrogens with zero attached hydrogens (tertiary/aromatic N) is 4. The van der Waals surface area contributed by atoms with Gasteiger partial charge >= 0.3 is 6.18 Å². The molecule has 1 fully saturated rings. The molecule has 0 aliphatic carbocycles. The zero-order chi connectivity index (χ0) is 21.3. The van der Waals surface area contributed by atoms with Gasteiger partial charge in [0, 0.05) is 19.0 Å². The SMILES string of the molecule is N#Cc1ncc(N2C(=O)CCCN(c3ccc(F)cc3F)C2=S)cc1C(F)(F)F. The zero-order valence-electron chi connectivity index (χ0n) is 14.5. The molecule has 0 bridgehead atoms. The van der Waals surface area contributed by atoms with Crippen molar-refractivity contribution in [2.45, 2.75) is 19.0 Å². The number of carbonyl (C=O) groups excluding carboxylic acids is 1. The first-order valence-corrected chi connectivity index (χ1v) is 8.61. The minimum absolute atomic E-state index is 0.0686. The third-order valence-corrected chi connectivity index (χ3v) is 4.59. The van der Waals surface area contributed by atoms with Gasteiger partial charge in [-0.25, -0.2) is 13.8 Å². The van der Waals surface area contributed by atoms with Crippen molar-refractivity contribution in [3.8, 4) is 6.07 Å². The number of hydrogen-bond acceptors (Lipinski definition) is 4. The second-order valence-corrected chi connectivity index (χ2v) is 6.43. The fourth-order valence-electron chi connectivity index (χ4n) is 2.88. The van der Waals surface area contributed by atoms with Gasteiger partial charge in [0.05, 0.1) is 23.1 Å². The number of alkyl halides is 3. The van der Waals surface area contributed by atoms with Crippen molar-refractivity contribution in [3.63, 3.8) is 0 Å². The summed E-state index contributed by atoms with van der Waals surface area (Å²) in [7, 11) is 0. The lowest BCUT2D eigenvalue weighted by atomic mass is 10.1. The molecule has 1 amide bonds. The lowest BCUT2D eigenvalue weighted by molar-refractivity contribution is -0.138. The monoisotopic (exact) mass is 426 g/mol. The van der Waals surface area contributed by atoms with Crippen molar-refractivity contribution in [3.05, 3.63) is 53.4 Å². The molecule has 1 aromatic heterocycles. The largest absolute Gasteiger partial charge is 0.419 e. The molecular weight excluding hydrogens is 415 g/mol. The summed E-state index contributed by atoms with van der Waals surface area (Å²) >= 11 is 5.26. The van der Waals surface area contributed by atoms with Gasteiger partial charge in [-0.3, -0.25) is 9.69 Å². The van der Waals surface area contributed by atoms with Crippen LogP contribution in [0.2, 0.25) is 0 Å². The maximum absolute atomic E-state index is 14.2. The zero-order valence-corrected chi connectivity index (χ0v) is 15.3. The maximum Gasteiger partial charge on any atom is 0.419 e. The standard InChI is InChI=1S/C18H11F5N4OS/c19-10-3-4-15(13(20)6-10)26-5-1-2-16(28)27(17(26)29)11-7-12(18(21,22)23)14(8-24)25-9-11/h3-4,6-7,9H,1-2,5H2. The molecule has 0 spiro atoms. The van der Waals surface area contributed by atoms with Crippen LogP contribution in [0.3, 0.4) is 0 Å². The number of benzene rings is 1. The predicted molar refractivity (Wildman–Crippen MR) is 97.0 cm³/mol. The third kappa shape index (κ3) is 4.02. The Kier molecular flexibility index (Phi) is 5.48. The lowest BCUT2D eigenvalue weighted by Crippen LogP contribution is -2.44. The Morgan fingerprint density at radius 2 is 1.93 bits per heavy atom. The van der Waals surface area contributed by atoms with E-state index >= 15 is 0 Å². The molecule has 150 valence electrons. The van der Waals surface area contributed by atoms with Crippen LogP contribution in [0.25, 0.3) is 0 Å². The summed E-state index contributed by atoms with van der Waals surface area (Å²) in [5, 5.41) is 8.60. The first kappa shape index (κ1) is 20.6. The van der Waals surface area contributed by atoms with E-state index in [1.54, 1.807) is 0 Å². The van der Waals surface area contributed by atoms with Gasteiger partial charge < -0.3 is 4.90 Å². The summed E-state index contributed by atoms with van der Waals surface area (Å²) in [5.74, 6) is -2.36. The van der Waals surface area contributed by atoms with Crippen molar-refractivity contribution < 1.29 is 26.7 Å². The van der Waals surface area contributed by atoms with Gasteiger partial charge in [-0.2, -0.15) is 18.4 Å². The van der Waals surface area contributed by atoms with Gasteiger partial charge in [-0.1, -0.05) is 0 Å². The summed E-state index contributed by atoms with van der Waals surface area (Å²) in [4.78, 5) is 18.1. The molecule has 3 rings (SSSR count). The highest BCUT2D eigenvalue weighted by molar-refractivity contribution is 7.81. The number of rotatable bonds is 2. The van der Waals surface area contributed by atoms with Gasteiger partial charge in [-0.15, -0.1) is 0 Å². The van der Waals surface area contributed by atoms with Gasteiger partial charge in [0.2, 0.25) is 5.91 Å². The maximum atomic E-state index is 14.2. The Bertz CT molecular complexity index is 1030. The van der Waals surface area contributed by atoms with E-state index in [9.17, 15) is 26.7 Å². The second-order valence-electron chi connectivity index (χ2n) is 6.06. The van der Waals surface area contributed by atoms with Crippen LogP contribution in [0, 0.1) is 23.0 Å². The van der Waals surface area contributed by atoms with Crippen molar-refractivity contribution >= 4 is 34.6 Å². The number of pyridine rings is 1. The predicted octanol–water partition coefficient (Wildman–Crippen LogP) is 4.17. The first-order chi connectivity index (χ1) is 13.6. The highest BCUT2D eigenvalue weighted by Crippen LogP contribution is 2.35. The number of amides is 1. The van der Waals surface area contributed by atoms with E-state index in [2.05, 4.69) is 4.98 Å². The van der Waals surface area contributed by atoms with E-state index in [1.807, 2.05) is 0 Å². The molecule has 0 saturated carbocycles. The minimum Gasteiger partial charge on any atom is -0.316 e. The number of carbonyl (C=O) groups is 1. The van der Waals surface area contributed by atoms with Crippen LogP contribution in [-0.4, -0.2) is 22.5 Å². The fraction of sp³-hybridized carbons (Fsp3) is 0.222. The summed E-state index contributed by atoms with van der Waals surface area (Å²) in [6, 6.07) is 4.72. The molecule has 0 N–H and O–H groups in total. The Hall–Kier alpha value is -3.13. The van der Waals surface area contributed by atoms with Crippen molar-refractivity contribution in [1.29, 1.82) is 5.26 Å². The van der Waals surface area contributed by atoms with E-state index in [0.29, 0.717) is 12.1 Å². The van der Waals surface area contributed by atoms with E-state index in [-0.39, 0.29) is 35.9 Å². The van der Waals surface area contributed by atoms with Crippen LogP contribution in [0.1, 0.15) is 24.1 Å². The Labute approximate surface area is 167 Å².